The average molecular weight is 376 g/mol. The van der Waals surface area contributed by atoms with Gasteiger partial charge in [-0.1, -0.05) is 41.4 Å². The lowest BCUT2D eigenvalue weighted by Gasteiger charge is -2.42. The summed E-state index contributed by atoms with van der Waals surface area (Å²) in [6.45, 7) is 1.76. The molecule has 2 fully saturated rings. The van der Waals surface area contributed by atoms with Gasteiger partial charge in [0.15, 0.2) is 0 Å². The van der Waals surface area contributed by atoms with Gasteiger partial charge in [0.05, 0.1) is 28.4 Å². The lowest BCUT2D eigenvalue weighted by molar-refractivity contribution is 0.0599. The largest absolute Gasteiger partial charge is 0.465 e. The Hall–Kier alpha value is -1.71. The summed E-state index contributed by atoms with van der Waals surface area (Å²) in [4.78, 5) is 14.2. The number of nitrogens with zero attached hydrogens (tertiary/aromatic N) is 1. The summed E-state index contributed by atoms with van der Waals surface area (Å²) in [6.07, 6.45) is 2.30. The fourth-order valence-corrected chi connectivity index (χ4v) is 4.16. The molecule has 2 aliphatic rings. The molecule has 0 amide bonds. The highest BCUT2D eigenvalue weighted by Gasteiger charge is 2.33. The van der Waals surface area contributed by atoms with Gasteiger partial charge in [-0.25, -0.2) is 4.79 Å². The lowest BCUT2D eigenvalue weighted by atomic mass is 9.87. The number of hydrogen-bond acceptors (Lipinski definition) is 3. The van der Waals surface area contributed by atoms with Crippen molar-refractivity contribution in [1.29, 1.82) is 0 Å². The Morgan fingerprint density at radius 3 is 2.36 bits per heavy atom. The molecule has 0 spiro atoms. The van der Waals surface area contributed by atoms with E-state index in [2.05, 4.69) is 11.0 Å². The molecule has 1 aliphatic carbocycles. The fourth-order valence-electron chi connectivity index (χ4n) is 3.53. The number of carbonyl (C=O) groups excluding carboxylic acids is 1. The van der Waals surface area contributed by atoms with Crippen LogP contribution in [-0.4, -0.2) is 26.2 Å². The third-order valence-electron chi connectivity index (χ3n) is 5.10. The Bertz CT molecular complexity index is 806. The van der Waals surface area contributed by atoms with E-state index >= 15 is 0 Å². The molecule has 0 atom stereocenters. The van der Waals surface area contributed by atoms with E-state index in [0.29, 0.717) is 27.4 Å². The highest BCUT2D eigenvalue weighted by atomic mass is 35.5. The van der Waals surface area contributed by atoms with Gasteiger partial charge in [-0.2, -0.15) is 0 Å². The standard InChI is InChI=1S/C20H19Cl2NO2/c1-25-20(24)15-8-7-13(9-16(15)12-5-6-12)14-10-23(11-14)19-17(21)3-2-4-18(19)22/h2-4,7-9,12,14H,5-6,10-11H2,1H3. The molecule has 0 unspecified atom stereocenters. The Morgan fingerprint density at radius 1 is 1.08 bits per heavy atom. The number of halogens is 2. The van der Waals surface area contributed by atoms with Crippen molar-refractivity contribution < 1.29 is 9.53 Å². The summed E-state index contributed by atoms with van der Waals surface area (Å²) < 4.78 is 4.92. The minimum atomic E-state index is -0.244. The second kappa shape index (κ2) is 6.54. The van der Waals surface area contributed by atoms with Crippen LogP contribution in [0.25, 0.3) is 0 Å². The van der Waals surface area contributed by atoms with Gasteiger partial charge in [-0.05, 0) is 48.1 Å². The SMILES string of the molecule is COC(=O)c1ccc(C2CN(c3c(Cl)cccc3Cl)C2)cc1C1CC1. The molecule has 4 rings (SSSR count). The molecule has 25 heavy (non-hydrogen) atoms. The van der Waals surface area contributed by atoms with E-state index in [0.717, 1.165) is 37.2 Å². The van der Waals surface area contributed by atoms with Gasteiger partial charge in [0.25, 0.3) is 0 Å². The quantitative estimate of drug-likeness (QED) is 0.682. The van der Waals surface area contributed by atoms with E-state index in [4.69, 9.17) is 27.9 Å². The second-order valence-corrected chi connectivity index (χ2v) is 7.60. The predicted octanol–water partition coefficient (Wildman–Crippen LogP) is 5.26. The molecule has 2 aromatic rings. The summed E-state index contributed by atoms with van der Waals surface area (Å²) in [5.74, 6) is 0.686. The second-order valence-electron chi connectivity index (χ2n) is 6.78. The number of methoxy groups -OCH3 is 1. The molecule has 1 saturated carbocycles. The van der Waals surface area contributed by atoms with Crippen LogP contribution in [0.15, 0.2) is 36.4 Å². The van der Waals surface area contributed by atoms with Crippen molar-refractivity contribution >= 4 is 34.9 Å². The Kier molecular flexibility index (Phi) is 4.38. The first-order valence-electron chi connectivity index (χ1n) is 8.49. The first-order valence-corrected chi connectivity index (χ1v) is 9.25. The van der Waals surface area contributed by atoms with Gasteiger partial charge >= 0.3 is 5.97 Å². The molecule has 1 heterocycles. The highest BCUT2D eigenvalue weighted by Crippen LogP contribution is 2.44. The zero-order chi connectivity index (χ0) is 17.6. The molecule has 2 aromatic carbocycles. The minimum absolute atomic E-state index is 0.244. The summed E-state index contributed by atoms with van der Waals surface area (Å²) >= 11 is 12.6. The maximum absolute atomic E-state index is 12.0. The van der Waals surface area contributed by atoms with Crippen LogP contribution in [0.5, 0.6) is 0 Å². The molecule has 0 bridgehead atoms. The number of rotatable bonds is 4. The number of para-hydroxylation sites is 1. The molecule has 1 aliphatic heterocycles. The molecule has 0 radical (unpaired) electrons. The van der Waals surface area contributed by atoms with Crippen LogP contribution in [0, 0.1) is 0 Å². The molecule has 1 saturated heterocycles. The van der Waals surface area contributed by atoms with E-state index in [1.807, 2.05) is 30.3 Å². The fraction of sp³-hybridized carbons (Fsp3) is 0.350. The van der Waals surface area contributed by atoms with Gasteiger partial charge in [0, 0.05) is 19.0 Å². The molecule has 5 heteroatoms. The van der Waals surface area contributed by atoms with Crippen molar-refractivity contribution in [2.45, 2.75) is 24.7 Å². The number of carbonyl (C=O) groups is 1. The van der Waals surface area contributed by atoms with Crippen molar-refractivity contribution in [3.8, 4) is 0 Å². The van der Waals surface area contributed by atoms with Crippen molar-refractivity contribution in [1.82, 2.24) is 0 Å². The van der Waals surface area contributed by atoms with Gasteiger partial charge < -0.3 is 9.64 Å². The third-order valence-corrected chi connectivity index (χ3v) is 5.71. The number of esters is 1. The van der Waals surface area contributed by atoms with Crippen molar-refractivity contribution in [3.05, 3.63) is 63.1 Å². The van der Waals surface area contributed by atoms with Crippen molar-refractivity contribution in [2.24, 2.45) is 0 Å². The zero-order valence-electron chi connectivity index (χ0n) is 14.0. The third kappa shape index (κ3) is 3.11. The first kappa shape index (κ1) is 16.7. The molecular weight excluding hydrogens is 357 g/mol. The van der Waals surface area contributed by atoms with E-state index in [1.165, 1.54) is 12.7 Å². The van der Waals surface area contributed by atoms with Gasteiger partial charge in [-0.3, -0.25) is 0 Å². The predicted molar refractivity (Wildman–Crippen MR) is 101 cm³/mol. The molecule has 0 N–H and O–H groups in total. The average Bonchev–Trinajstić information content (AvgIpc) is 3.40. The summed E-state index contributed by atoms with van der Waals surface area (Å²) in [5, 5.41) is 1.37. The normalized spacial score (nSPS) is 17.3. The van der Waals surface area contributed by atoms with Gasteiger partial charge in [-0.15, -0.1) is 0 Å². The lowest BCUT2D eigenvalue weighted by Crippen LogP contribution is -2.45. The Labute approximate surface area is 157 Å². The monoisotopic (exact) mass is 375 g/mol. The van der Waals surface area contributed by atoms with Crippen molar-refractivity contribution in [2.75, 3.05) is 25.1 Å². The van der Waals surface area contributed by atoms with Crippen LogP contribution < -0.4 is 4.90 Å². The number of hydrogen-bond donors (Lipinski definition) is 0. The first-order chi connectivity index (χ1) is 12.1. The molecule has 3 nitrogen and oxygen atoms in total. The number of benzene rings is 2. The van der Waals surface area contributed by atoms with Gasteiger partial charge in [0.1, 0.15) is 0 Å². The molecular formula is C20H19Cl2NO2. The topological polar surface area (TPSA) is 29.5 Å². The maximum atomic E-state index is 12.0. The zero-order valence-corrected chi connectivity index (χ0v) is 15.5. The van der Waals surface area contributed by atoms with Crippen LogP contribution in [0.1, 0.15) is 46.2 Å². The minimum Gasteiger partial charge on any atom is -0.465 e. The Balaban J connectivity index is 1.55. The van der Waals surface area contributed by atoms with Crippen LogP contribution in [0.3, 0.4) is 0 Å². The molecule has 0 aromatic heterocycles. The van der Waals surface area contributed by atoms with Crippen LogP contribution in [0.4, 0.5) is 5.69 Å². The summed E-state index contributed by atoms with van der Waals surface area (Å²) in [5.41, 5.74) is 4.03. The van der Waals surface area contributed by atoms with E-state index in [-0.39, 0.29) is 5.97 Å². The van der Waals surface area contributed by atoms with Crippen molar-refractivity contribution in [3.63, 3.8) is 0 Å². The Morgan fingerprint density at radius 2 is 1.76 bits per heavy atom. The van der Waals surface area contributed by atoms with E-state index < -0.39 is 0 Å². The summed E-state index contributed by atoms with van der Waals surface area (Å²) in [6, 6.07) is 11.8. The van der Waals surface area contributed by atoms with Crippen LogP contribution >= 0.6 is 23.2 Å². The number of anilines is 1. The van der Waals surface area contributed by atoms with Gasteiger partial charge in [0.2, 0.25) is 0 Å². The van der Waals surface area contributed by atoms with Crippen LogP contribution in [-0.2, 0) is 4.74 Å². The number of ether oxygens (including phenoxy) is 1. The summed E-state index contributed by atoms with van der Waals surface area (Å²) in [7, 11) is 1.43. The maximum Gasteiger partial charge on any atom is 0.338 e. The van der Waals surface area contributed by atoms with E-state index in [9.17, 15) is 4.79 Å². The van der Waals surface area contributed by atoms with E-state index in [1.54, 1.807) is 0 Å². The molecule has 130 valence electrons. The van der Waals surface area contributed by atoms with Crippen LogP contribution in [0.2, 0.25) is 10.0 Å². The smallest absolute Gasteiger partial charge is 0.338 e. The highest BCUT2D eigenvalue weighted by molar-refractivity contribution is 6.39.